The summed E-state index contributed by atoms with van der Waals surface area (Å²) in [5, 5.41) is 5.87. The third kappa shape index (κ3) is 15.4. The van der Waals surface area contributed by atoms with E-state index in [1.807, 2.05) is 62.4 Å². The van der Waals surface area contributed by atoms with Crippen molar-refractivity contribution in [2.75, 3.05) is 37.4 Å². The fourth-order valence-corrected chi connectivity index (χ4v) is 6.64. The van der Waals surface area contributed by atoms with Crippen molar-refractivity contribution in [2.45, 2.75) is 97.6 Å². The predicted octanol–water partition coefficient (Wildman–Crippen LogP) is 7.34. The molecule has 0 aliphatic carbocycles. The van der Waals surface area contributed by atoms with Crippen LogP contribution in [0, 0.1) is 0 Å². The number of amides is 2. The highest BCUT2D eigenvalue weighted by Gasteiger charge is 2.31. The third-order valence-electron chi connectivity index (χ3n) is 7.81. The van der Waals surface area contributed by atoms with E-state index in [-0.39, 0.29) is 31.9 Å². The van der Waals surface area contributed by atoms with Crippen LogP contribution in [-0.2, 0) is 42.0 Å². The number of hydrogen-bond donors (Lipinski definition) is 2. The number of hydrogen-bond acceptors (Lipinski definition) is 10. The predicted molar refractivity (Wildman–Crippen MR) is 212 cm³/mol. The molecule has 2 atom stereocenters. The number of methoxy groups -OCH3 is 1. The van der Waals surface area contributed by atoms with E-state index in [4.69, 9.17) is 23.7 Å². The normalized spacial score (nSPS) is 13.5. The van der Waals surface area contributed by atoms with Crippen molar-refractivity contribution in [1.82, 2.24) is 10.6 Å². The Labute approximate surface area is 326 Å². The van der Waals surface area contributed by atoms with Crippen LogP contribution in [0.15, 0.2) is 72.8 Å². The quantitative estimate of drug-likeness (QED) is 0.105. The molecule has 0 heterocycles. The number of alkyl carbamates (subject to hydrolysis) is 2. The Morgan fingerprint density at radius 1 is 0.818 bits per heavy atom. The first-order valence-electron chi connectivity index (χ1n) is 18.1. The molecule has 14 heteroatoms. The Kier molecular flexibility index (Phi) is 15.5. The average molecular weight is 784 g/mol. The van der Waals surface area contributed by atoms with Gasteiger partial charge >= 0.3 is 18.2 Å². The number of benzene rings is 3. The van der Waals surface area contributed by atoms with Crippen LogP contribution < -0.4 is 19.7 Å². The Morgan fingerprint density at radius 2 is 1.47 bits per heavy atom. The first-order chi connectivity index (χ1) is 25.6. The molecule has 2 unspecified atom stereocenters. The van der Waals surface area contributed by atoms with E-state index in [9.17, 15) is 22.8 Å². The third-order valence-corrected chi connectivity index (χ3v) is 9.00. The molecule has 302 valence electrons. The summed E-state index contributed by atoms with van der Waals surface area (Å²) in [6.45, 7) is 14.7. The monoisotopic (exact) mass is 783 g/mol. The van der Waals surface area contributed by atoms with Crippen molar-refractivity contribution in [2.24, 2.45) is 0 Å². The Balaban J connectivity index is 1.85. The lowest BCUT2D eigenvalue weighted by atomic mass is 9.93. The van der Waals surface area contributed by atoms with Crippen LogP contribution in [0.3, 0.4) is 0 Å². The summed E-state index contributed by atoms with van der Waals surface area (Å²) in [5.74, 6) is -0.0816. The number of carbonyl (C=O) groups excluding carboxylic acids is 3. The van der Waals surface area contributed by atoms with Gasteiger partial charge in [0.1, 0.15) is 23.6 Å². The van der Waals surface area contributed by atoms with Crippen LogP contribution in [-0.4, -0.2) is 76.4 Å². The molecule has 3 rings (SSSR count). The molecule has 3 aromatic carbocycles. The minimum Gasteiger partial charge on any atom is -0.491 e. The molecular weight excluding hydrogens is 727 g/mol. The van der Waals surface area contributed by atoms with Crippen LogP contribution in [0.2, 0.25) is 0 Å². The van der Waals surface area contributed by atoms with Gasteiger partial charge in [0.15, 0.2) is 0 Å². The van der Waals surface area contributed by atoms with Gasteiger partial charge in [0.05, 0.1) is 49.4 Å². The molecule has 0 radical (unpaired) electrons. The molecule has 2 N–H and O–H groups in total. The summed E-state index contributed by atoms with van der Waals surface area (Å²) >= 11 is 0. The lowest BCUT2D eigenvalue weighted by molar-refractivity contribution is 0.0286. The molecule has 13 nitrogen and oxygen atoms in total. The number of nitrogens with zero attached hydrogens (tertiary/aromatic N) is 1. The summed E-state index contributed by atoms with van der Waals surface area (Å²) < 4.78 is 55.0. The van der Waals surface area contributed by atoms with Gasteiger partial charge in [-0.3, -0.25) is 4.31 Å². The number of sulfonamides is 1. The maximum Gasteiger partial charge on any atom is 0.408 e. The topological polar surface area (TPSA) is 159 Å². The second-order valence-corrected chi connectivity index (χ2v) is 17.5. The molecule has 0 aliphatic rings. The summed E-state index contributed by atoms with van der Waals surface area (Å²) in [6.07, 6.45) is 0.764. The number of anilines is 1. The van der Waals surface area contributed by atoms with Gasteiger partial charge in [-0.2, -0.15) is 0 Å². The van der Waals surface area contributed by atoms with Gasteiger partial charge in [-0.25, -0.2) is 22.8 Å². The Morgan fingerprint density at radius 3 is 2.07 bits per heavy atom. The molecule has 0 saturated carbocycles. The summed E-state index contributed by atoms with van der Waals surface area (Å²) in [7, 11) is -2.40. The number of carbonyl (C=O) groups is 3. The molecule has 0 bridgehead atoms. The maximum absolute atomic E-state index is 13.1. The smallest absolute Gasteiger partial charge is 0.408 e. The van der Waals surface area contributed by atoms with E-state index in [1.165, 1.54) is 17.5 Å². The van der Waals surface area contributed by atoms with Crippen LogP contribution in [0.25, 0.3) is 0 Å². The highest BCUT2D eigenvalue weighted by Crippen LogP contribution is 2.26. The molecule has 2 amide bonds. The zero-order valence-electron chi connectivity index (χ0n) is 33.7. The van der Waals surface area contributed by atoms with Gasteiger partial charge in [-0.1, -0.05) is 49.4 Å². The second kappa shape index (κ2) is 19.2. The van der Waals surface area contributed by atoms with Gasteiger partial charge < -0.3 is 34.3 Å². The fourth-order valence-electron chi connectivity index (χ4n) is 5.63. The van der Waals surface area contributed by atoms with Gasteiger partial charge in [-0.05, 0) is 108 Å². The van der Waals surface area contributed by atoms with Crippen LogP contribution in [0.4, 0.5) is 15.3 Å². The van der Waals surface area contributed by atoms with Gasteiger partial charge in [-0.15, -0.1) is 0 Å². The second-order valence-electron chi connectivity index (χ2n) is 15.6. The first kappa shape index (κ1) is 44.6. The minimum atomic E-state index is -3.65. The Hall–Kier alpha value is -4.82. The van der Waals surface area contributed by atoms with Crippen LogP contribution >= 0.6 is 0 Å². The largest absolute Gasteiger partial charge is 0.491 e. The van der Waals surface area contributed by atoms with E-state index in [0.717, 1.165) is 17.4 Å². The number of esters is 1. The molecule has 3 aromatic rings. The van der Waals surface area contributed by atoms with Crippen molar-refractivity contribution < 1.29 is 46.5 Å². The molecule has 0 saturated heterocycles. The maximum atomic E-state index is 13.1. The Bertz CT molecular complexity index is 1860. The SMILES string of the molecule is CCCN(c1cc(COCC(C)(Cc2cccc(OCC(NC(=O)OC(C)(C)C)c3ccccc3)c2)NC(=O)OC(C)(C)C)cc(C(=O)OC)c1)S(C)(=O)=O. The highest BCUT2D eigenvalue weighted by atomic mass is 32.2. The van der Waals surface area contributed by atoms with Crippen molar-refractivity contribution in [3.63, 3.8) is 0 Å². The van der Waals surface area contributed by atoms with E-state index in [0.29, 0.717) is 29.8 Å². The number of nitrogens with one attached hydrogen (secondary N) is 2. The molecule has 0 aromatic heterocycles. The summed E-state index contributed by atoms with van der Waals surface area (Å²) in [5.41, 5.74) is 0.244. The molecule has 0 aliphatic heterocycles. The lowest BCUT2D eigenvalue weighted by Crippen LogP contribution is -2.52. The minimum absolute atomic E-state index is 0.00968. The van der Waals surface area contributed by atoms with Gasteiger partial charge in [0.25, 0.3) is 0 Å². The van der Waals surface area contributed by atoms with E-state index in [1.54, 1.807) is 59.7 Å². The number of ether oxygens (including phenoxy) is 5. The highest BCUT2D eigenvalue weighted by molar-refractivity contribution is 7.92. The summed E-state index contributed by atoms with van der Waals surface area (Å²) in [6, 6.07) is 21.1. The van der Waals surface area contributed by atoms with Gasteiger partial charge in [0, 0.05) is 6.54 Å². The van der Waals surface area contributed by atoms with Crippen molar-refractivity contribution in [3.05, 3.63) is 95.1 Å². The average Bonchev–Trinajstić information content (AvgIpc) is 3.06. The number of rotatable bonds is 17. The van der Waals surface area contributed by atoms with E-state index >= 15 is 0 Å². The standard InChI is InChI=1S/C41H57N3O10S/c1-11-20-44(55(10,48)49)33-22-30(21-32(24-33)36(45)50-9)26-51-28-41(8,43-38(47)54-40(5,6)7)25-29-16-15-19-34(23-29)52-27-35(31-17-13-12-14-18-31)42-37(46)53-39(2,3)4/h12-19,21-24,35H,11,20,25-28H2,1-10H3,(H,42,46)(H,43,47). The van der Waals surface area contributed by atoms with Crippen LogP contribution in [0.5, 0.6) is 5.75 Å². The van der Waals surface area contributed by atoms with E-state index < -0.39 is 51.0 Å². The van der Waals surface area contributed by atoms with E-state index in [2.05, 4.69) is 10.6 Å². The van der Waals surface area contributed by atoms with Gasteiger partial charge in [0.2, 0.25) is 10.0 Å². The molecule has 0 spiro atoms. The summed E-state index contributed by atoms with van der Waals surface area (Å²) in [4.78, 5) is 38.4. The first-order valence-corrected chi connectivity index (χ1v) is 20.0. The molecule has 55 heavy (non-hydrogen) atoms. The molecular formula is C41H57N3O10S. The zero-order valence-corrected chi connectivity index (χ0v) is 34.5. The van der Waals surface area contributed by atoms with Crippen molar-refractivity contribution >= 4 is 33.9 Å². The molecule has 0 fully saturated rings. The van der Waals surface area contributed by atoms with Crippen molar-refractivity contribution in [1.29, 1.82) is 0 Å². The lowest BCUT2D eigenvalue weighted by Gasteiger charge is -2.32. The van der Waals surface area contributed by atoms with Crippen LogP contribution in [0.1, 0.15) is 94.9 Å². The fraction of sp³-hybridized carbons (Fsp3) is 0.488. The van der Waals surface area contributed by atoms with Crippen molar-refractivity contribution in [3.8, 4) is 5.75 Å². The zero-order chi connectivity index (χ0) is 41.0.